The van der Waals surface area contributed by atoms with Crippen LogP contribution in [-0.4, -0.2) is 21.6 Å². The molecule has 3 nitrogen and oxygen atoms in total. The number of hydrogen-bond acceptors (Lipinski definition) is 3. The molecule has 0 spiro atoms. The maximum Gasteiger partial charge on any atom is 0.327 e. The number of esters is 2. The molecule has 0 fully saturated rings. The SMILES string of the molecule is CC[C@@H](Br)C(=O)OC(=O)[C@H](Br)CC. The van der Waals surface area contributed by atoms with E-state index in [2.05, 4.69) is 36.6 Å². The molecule has 0 aromatic carbocycles. The molecule has 0 unspecified atom stereocenters. The summed E-state index contributed by atoms with van der Waals surface area (Å²) in [7, 11) is 0. The molecule has 0 aliphatic heterocycles. The zero-order chi connectivity index (χ0) is 10.4. The average molecular weight is 316 g/mol. The van der Waals surface area contributed by atoms with Crippen LogP contribution in [0.15, 0.2) is 0 Å². The van der Waals surface area contributed by atoms with Crippen LogP contribution in [0.5, 0.6) is 0 Å². The minimum absolute atomic E-state index is 0.395. The summed E-state index contributed by atoms with van der Waals surface area (Å²) >= 11 is 6.20. The highest BCUT2D eigenvalue weighted by atomic mass is 79.9. The lowest BCUT2D eigenvalue weighted by molar-refractivity contribution is -0.158. The number of rotatable bonds is 4. The van der Waals surface area contributed by atoms with Crippen molar-refractivity contribution in [2.24, 2.45) is 0 Å². The Morgan fingerprint density at radius 1 is 1.08 bits per heavy atom. The van der Waals surface area contributed by atoms with E-state index in [9.17, 15) is 9.59 Å². The third-order valence-electron chi connectivity index (χ3n) is 1.43. The maximum absolute atomic E-state index is 11.1. The van der Waals surface area contributed by atoms with Crippen molar-refractivity contribution in [2.75, 3.05) is 0 Å². The molecule has 0 N–H and O–H groups in total. The standard InChI is InChI=1S/C8H12Br2O3/c1-3-5(9)7(11)13-8(12)6(10)4-2/h5-6H,3-4H2,1-2H3/t5-,6-/m1/s1. The number of carbonyl (C=O) groups is 2. The van der Waals surface area contributed by atoms with Gasteiger partial charge < -0.3 is 4.74 Å². The van der Waals surface area contributed by atoms with E-state index in [0.29, 0.717) is 12.8 Å². The van der Waals surface area contributed by atoms with Crippen molar-refractivity contribution in [3.8, 4) is 0 Å². The highest BCUT2D eigenvalue weighted by Crippen LogP contribution is 2.11. The molecule has 0 radical (unpaired) electrons. The van der Waals surface area contributed by atoms with Crippen molar-refractivity contribution in [2.45, 2.75) is 36.3 Å². The summed E-state index contributed by atoms with van der Waals surface area (Å²) in [6.45, 7) is 3.66. The van der Waals surface area contributed by atoms with Gasteiger partial charge in [0, 0.05) is 0 Å². The molecule has 0 bridgehead atoms. The Morgan fingerprint density at radius 3 is 1.62 bits per heavy atom. The minimum atomic E-state index is -0.523. The first-order chi connectivity index (χ1) is 6.02. The van der Waals surface area contributed by atoms with Gasteiger partial charge in [-0.15, -0.1) is 0 Å². The van der Waals surface area contributed by atoms with Gasteiger partial charge in [-0.1, -0.05) is 45.7 Å². The van der Waals surface area contributed by atoms with Gasteiger partial charge in [-0.2, -0.15) is 0 Å². The van der Waals surface area contributed by atoms with Crippen molar-refractivity contribution in [1.29, 1.82) is 0 Å². The number of carbonyl (C=O) groups excluding carboxylic acids is 2. The first kappa shape index (κ1) is 13.1. The molecule has 76 valence electrons. The van der Waals surface area contributed by atoms with Crippen LogP contribution in [0.2, 0.25) is 0 Å². The smallest absolute Gasteiger partial charge is 0.327 e. The zero-order valence-electron chi connectivity index (χ0n) is 7.55. The van der Waals surface area contributed by atoms with Crippen molar-refractivity contribution in [3.05, 3.63) is 0 Å². The fraction of sp³-hybridized carbons (Fsp3) is 0.750. The Balaban J connectivity index is 3.99. The van der Waals surface area contributed by atoms with Crippen LogP contribution in [0.3, 0.4) is 0 Å². The summed E-state index contributed by atoms with van der Waals surface area (Å²) < 4.78 is 4.58. The van der Waals surface area contributed by atoms with Gasteiger partial charge in [0.2, 0.25) is 0 Å². The van der Waals surface area contributed by atoms with Gasteiger partial charge in [-0.05, 0) is 12.8 Å². The lowest BCUT2D eigenvalue weighted by Gasteiger charge is -2.08. The molecule has 0 aliphatic carbocycles. The van der Waals surface area contributed by atoms with Crippen LogP contribution in [0, 0.1) is 0 Å². The van der Waals surface area contributed by atoms with E-state index in [1.807, 2.05) is 13.8 Å². The monoisotopic (exact) mass is 314 g/mol. The molecule has 0 saturated carbocycles. The second kappa shape index (κ2) is 6.54. The lowest BCUT2D eigenvalue weighted by Crippen LogP contribution is -2.25. The van der Waals surface area contributed by atoms with Gasteiger partial charge in [0.05, 0.1) is 0 Å². The number of ether oxygens (including phenoxy) is 1. The minimum Gasteiger partial charge on any atom is -0.391 e. The Hall–Kier alpha value is 0.1000. The van der Waals surface area contributed by atoms with Crippen LogP contribution in [0.1, 0.15) is 26.7 Å². The average Bonchev–Trinajstić information content (AvgIpc) is 2.14. The van der Waals surface area contributed by atoms with Gasteiger partial charge in [-0.25, -0.2) is 0 Å². The predicted octanol–water partition coefficient (Wildman–Crippen LogP) is 2.40. The van der Waals surface area contributed by atoms with Crippen molar-refractivity contribution < 1.29 is 14.3 Å². The first-order valence-electron chi connectivity index (χ1n) is 4.06. The largest absolute Gasteiger partial charge is 0.391 e. The summed E-state index contributed by atoms with van der Waals surface area (Å²) in [5.41, 5.74) is 0. The molecule has 2 atom stereocenters. The van der Waals surface area contributed by atoms with E-state index in [1.54, 1.807) is 0 Å². The Kier molecular flexibility index (Phi) is 6.59. The third kappa shape index (κ3) is 4.76. The van der Waals surface area contributed by atoms with Crippen LogP contribution in [-0.2, 0) is 14.3 Å². The summed E-state index contributed by atoms with van der Waals surface area (Å²) in [5.74, 6) is -1.05. The van der Waals surface area contributed by atoms with E-state index in [4.69, 9.17) is 0 Å². The molecule has 0 saturated heterocycles. The van der Waals surface area contributed by atoms with Gasteiger partial charge >= 0.3 is 11.9 Å². The fourth-order valence-corrected chi connectivity index (χ4v) is 0.747. The third-order valence-corrected chi connectivity index (χ3v) is 3.47. The molecule has 0 heterocycles. The predicted molar refractivity (Wildman–Crippen MR) is 57.1 cm³/mol. The molecule has 0 amide bonds. The van der Waals surface area contributed by atoms with Crippen molar-refractivity contribution in [1.82, 2.24) is 0 Å². The summed E-state index contributed by atoms with van der Waals surface area (Å²) in [6, 6.07) is 0. The van der Waals surface area contributed by atoms with Gasteiger partial charge in [0.15, 0.2) is 0 Å². The summed E-state index contributed by atoms with van der Waals surface area (Å²) in [4.78, 5) is 21.4. The molecular weight excluding hydrogens is 304 g/mol. The van der Waals surface area contributed by atoms with E-state index in [1.165, 1.54) is 0 Å². The quantitative estimate of drug-likeness (QED) is 0.454. The summed E-state index contributed by atoms with van der Waals surface area (Å²) in [5, 5.41) is 0. The Morgan fingerprint density at radius 2 is 1.38 bits per heavy atom. The number of alkyl halides is 2. The van der Waals surface area contributed by atoms with Crippen LogP contribution in [0.25, 0.3) is 0 Å². The molecule has 5 heteroatoms. The lowest BCUT2D eigenvalue weighted by atomic mass is 10.3. The second-order valence-electron chi connectivity index (χ2n) is 2.49. The first-order valence-corrected chi connectivity index (χ1v) is 5.89. The topological polar surface area (TPSA) is 43.4 Å². The molecule has 0 aromatic heterocycles. The molecule has 13 heavy (non-hydrogen) atoms. The second-order valence-corrected chi connectivity index (χ2v) is 4.70. The Labute approximate surface area is 94.5 Å². The van der Waals surface area contributed by atoms with Gasteiger partial charge in [0.25, 0.3) is 0 Å². The highest BCUT2D eigenvalue weighted by Gasteiger charge is 2.21. The molecule has 0 aliphatic rings. The molecule has 0 aromatic rings. The fourth-order valence-electron chi connectivity index (χ4n) is 0.560. The van der Waals surface area contributed by atoms with Crippen LogP contribution >= 0.6 is 31.9 Å². The summed E-state index contributed by atoms with van der Waals surface area (Å²) in [6.07, 6.45) is 1.20. The van der Waals surface area contributed by atoms with Crippen molar-refractivity contribution >= 4 is 43.8 Å². The molecular formula is C8H12Br2O3. The van der Waals surface area contributed by atoms with E-state index in [-0.39, 0.29) is 0 Å². The van der Waals surface area contributed by atoms with E-state index in [0.717, 1.165) is 0 Å². The maximum atomic E-state index is 11.1. The molecule has 0 rings (SSSR count). The normalized spacial score (nSPS) is 14.8. The van der Waals surface area contributed by atoms with E-state index >= 15 is 0 Å². The number of halogens is 2. The number of hydrogen-bond donors (Lipinski definition) is 0. The van der Waals surface area contributed by atoms with E-state index < -0.39 is 21.6 Å². The Bertz CT molecular complexity index is 174. The van der Waals surface area contributed by atoms with Crippen LogP contribution < -0.4 is 0 Å². The van der Waals surface area contributed by atoms with Crippen LogP contribution in [0.4, 0.5) is 0 Å². The highest BCUT2D eigenvalue weighted by molar-refractivity contribution is 9.10. The zero-order valence-corrected chi connectivity index (χ0v) is 10.7. The van der Waals surface area contributed by atoms with Crippen molar-refractivity contribution in [3.63, 3.8) is 0 Å². The van der Waals surface area contributed by atoms with Gasteiger partial charge in [-0.3, -0.25) is 9.59 Å². The van der Waals surface area contributed by atoms with Gasteiger partial charge in [0.1, 0.15) is 9.65 Å².